The van der Waals surface area contributed by atoms with Gasteiger partial charge in [-0.25, -0.2) is 0 Å². The maximum absolute atomic E-state index is 10.3. The molecule has 1 saturated heterocycles. The second kappa shape index (κ2) is 7.07. The number of rotatable bonds is 4. The summed E-state index contributed by atoms with van der Waals surface area (Å²) >= 11 is 0. The van der Waals surface area contributed by atoms with E-state index in [1.54, 1.807) is 0 Å². The fraction of sp³-hybridized carbons (Fsp3) is 0.900. The van der Waals surface area contributed by atoms with Crippen molar-refractivity contribution in [2.75, 3.05) is 19.6 Å². The third-order valence-corrected chi connectivity index (χ3v) is 2.74. The molecule has 4 heteroatoms. The molecule has 14 heavy (non-hydrogen) atoms. The van der Waals surface area contributed by atoms with E-state index in [4.69, 9.17) is 5.11 Å². The summed E-state index contributed by atoms with van der Waals surface area (Å²) in [5.74, 6) is 0.182. The van der Waals surface area contributed by atoms with Crippen LogP contribution < -0.4 is 0 Å². The number of carbonyl (C=O) groups is 1. The molecule has 0 amide bonds. The average Bonchev–Trinajstić information content (AvgIpc) is 2.08. The molecule has 0 unspecified atom stereocenters. The molecule has 0 atom stereocenters. The van der Waals surface area contributed by atoms with Gasteiger partial charge in [0, 0.05) is 6.42 Å². The van der Waals surface area contributed by atoms with Gasteiger partial charge in [-0.05, 0) is 44.8 Å². The van der Waals surface area contributed by atoms with Crippen LogP contribution >= 0.6 is 12.4 Å². The minimum atomic E-state index is -0.676. The van der Waals surface area contributed by atoms with Crippen LogP contribution in [0.15, 0.2) is 0 Å². The van der Waals surface area contributed by atoms with Crippen LogP contribution in [0, 0.1) is 5.92 Å². The number of piperidine rings is 1. The molecule has 1 aliphatic heterocycles. The van der Waals surface area contributed by atoms with E-state index in [2.05, 4.69) is 11.8 Å². The maximum atomic E-state index is 10.3. The van der Waals surface area contributed by atoms with Crippen molar-refractivity contribution in [3.63, 3.8) is 0 Å². The highest BCUT2D eigenvalue weighted by molar-refractivity contribution is 5.85. The highest BCUT2D eigenvalue weighted by atomic mass is 35.5. The van der Waals surface area contributed by atoms with Crippen molar-refractivity contribution in [2.45, 2.75) is 32.6 Å². The highest BCUT2D eigenvalue weighted by Gasteiger charge is 2.14. The Kier molecular flexibility index (Phi) is 6.93. The monoisotopic (exact) mass is 221 g/mol. The normalized spacial score (nSPS) is 18.9. The summed E-state index contributed by atoms with van der Waals surface area (Å²) < 4.78 is 0. The van der Waals surface area contributed by atoms with Gasteiger partial charge in [0.1, 0.15) is 0 Å². The molecule has 1 N–H and O–H groups in total. The summed E-state index contributed by atoms with van der Waals surface area (Å²) in [4.78, 5) is 12.7. The summed E-state index contributed by atoms with van der Waals surface area (Å²) in [5, 5.41) is 8.47. The lowest BCUT2D eigenvalue weighted by molar-refractivity contribution is -0.137. The van der Waals surface area contributed by atoms with Gasteiger partial charge in [0.15, 0.2) is 0 Å². The molecule has 0 aromatic heterocycles. The van der Waals surface area contributed by atoms with Gasteiger partial charge in [-0.3, -0.25) is 4.79 Å². The van der Waals surface area contributed by atoms with Crippen molar-refractivity contribution in [3.8, 4) is 0 Å². The first kappa shape index (κ1) is 13.7. The quantitative estimate of drug-likeness (QED) is 0.790. The summed E-state index contributed by atoms with van der Waals surface area (Å²) in [6.45, 7) is 5.55. The number of hydrogen-bond acceptors (Lipinski definition) is 2. The second-order valence-electron chi connectivity index (χ2n) is 4.02. The Hall–Kier alpha value is -0.280. The number of carboxylic acids is 1. The van der Waals surface area contributed by atoms with Crippen molar-refractivity contribution in [1.29, 1.82) is 0 Å². The number of carboxylic acid groups (broad SMARTS) is 1. The Labute approximate surface area is 91.9 Å². The first-order valence-corrected chi connectivity index (χ1v) is 5.12. The highest BCUT2D eigenvalue weighted by Crippen LogP contribution is 2.15. The number of likely N-dealkylation sites (tertiary alicyclic amines) is 1. The summed E-state index contributed by atoms with van der Waals surface area (Å²) in [6.07, 6.45) is 3.65. The Morgan fingerprint density at radius 3 is 2.50 bits per heavy atom. The van der Waals surface area contributed by atoms with E-state index in [0.717, 1.165) is 32.0 Å². The van der Waals surface area contributed by atoms with Gasteiger partial charge < -0.3 is 10.0 Å². The van der Waals surface area contributed by atoms with Crippen molar-refractivity contribution >= 4 is 18.4 Å². The van der Waals surface area contributed by atoms with E-state index in [0.29, 0.717) is 6.42 Å². The predicted octanol–water partition coefficient (Wildman–Crippen LogP) is 2.00. The van der Waals surface area contributed by atoms with E-state index in [1.165, 1.54) is 12.8 Å². The lowest BCUT2D eigenvalue weighted by Gasteiger charge is -2.29. The molecular formula is C10H20ClNO2. The molecule has 0 aromatic carbocycles. The standard InChI is InChI=1S/C10H19NO2.ClH/c1-9-4-7-11(8-5-9)6-2-3-10(12)13;/h9H,2-8H2,1H3,(H,12,13);1H. The number of aliphatic carboxylic acids is 1. The van der Waals surface area contributed by atoms with E-state index < -0.39 is 5.97 Å². The van der Waals surface area contributed by atoms with Gasteiger partial charge in [-0.1, -0.05) is 6.92 Å². The minimum Gasteiger partial charge on any atom is -0.481 e. The summed E-state index contributed by atoms with van der Waals surface area (Å²) in [5.41, 5.74) is 0. The summed E-state index contributed by atoms with van der Waals surface area (Å²) in [7, 11) is 0. The molecule has 0 bridgehead atoms. The van der Waals surface area contributed by atoms with Crippen molar-refractivity contribution < 1.29 is 9.90 Å². The average molecular weight is 222 g/mol. The Balaban J connectivity index is 0.00000169. The number of hydrogen-bond donors (Lipinski definition) is 1. The smallest absolute Gasteiger partial charge is 0.303 e. The Bertz CT molecular complexity index is 168. The molecule has 0 radical (unpaired) electrons. The van der Waals surface area contributed by atoms with Crippen LogP contribution in [0.1, 0.15) is 32.6 Å². The van der Waals surface area contributed by atoms with Gasteiger partial charge in [-0.15, -0.1) is 12.4 Å². The first-order valence-electron chi connectivity index (χ1n) is 5.12. The molecule has 1 heterocycles. The van der Waals surface area contributed by atoms with Gasteiger partial charge in [0.25, 0.3) is 0 Å². The van der Waals surface area contributed by atoms with Gasteiger partial charge in [0.05, 0.1) is 0 Å². The molecule has 0 aliphatic carbocycles. The number of nitrogens with zero attached hydrogens (tertiary/aromatic N) is 1. The van der Waals surface area contributed by atoms with E-state index in [-0.39, 0.29) is 12.4 Å². The SMILES string of the molecule is CC1CCN(CCCC(=O)O)CC1.Cl. The van der Waals surface area contributed by atoms with Gasteiger partial charge >= 0.3 is 5.97 Å². The van der Waals surface area contributed by atoms with Crippen molar-refractivity contribution in [3.05, 3.63) is 0 Å². The predicted molar refractivity (Wildman–Crippen MR) is 59.0 cm³/mol. The first-order chi connectivity index (χ1) is 6.18. The zero-order valence-corrected chi connectivity index (χ0v) is 9.55. The molecular weight excluding hydrogens is 202 g/mol. The molecule has 0 saturated carbocycles. The minimum absolute atomic E-state index is 0. The Morgan fingerprint density at radius 1 is 1.43 bits per heavy atom. The van der Waals surface area contributed by atoms with Crippen LogP contribution in [0.2, 0.25) is 0 Å². The molecule has 84 valence electrons. The van der Waals surface area contributed by atoms with Gasteiger partial charge in [-0.2, -0.15) is 0 Å². The van der Waals surface area contributed by atoms with Gasteiger partial charge in [0.2, 0.25) is 0 Å². The molecule has 3 nitrogen and oxygen atoms in total. The van der Waals surface area contributed by atoms with Crippen molar-refractivity contribution in [1.82, 2.24) is 4.90 Å². The van der Waals surface area contributed by atoms with Crippen LogP contribution in [0.4, 0.5) is 0 Å². The number of halogens is 1. The molecule has 1 fully saturated rings. The van der Waals surface area contributed by atoms with Crippen LogP contribution in [0.25, 0.3) is 0 Å². The third kappa shape index (κ3) is 5.45. The molecule has 0 aromatic rings. The zero-order chi connectivity index (χ0) is 9.68. The Morgan fingerprint density at radius 2 is 2.00 bits per heavy atom. The lowest BCUT2D eigenvalue weighted by Crippen LogP contribution is -2.33. The van der Waals surface area contributed by atoms with E-state index in [9.17, 15) is 4.79 Å². The second-order valence-corrected chi connectivity index (χ2v) is 4.02. The lowest BCUT2D eigenvalue weighted by atomic mass is 9.99. The van der Waals surface area contributed by atoms with Crippen LogP contribution in [-0.2, 0) is 4.79 Å². The van der Waals surface area contributed by atoms with Crippen LogP contribution in [-0.4, -0.2) is 35.6 Å². The maximum Gasteiger partial charge on any atom is 0.303 e. The zero-order valence-electron chi connectivity index (χ0n) is 8.74. The molecule has 1 aliphatic rings. The van der Waals surface area contributed by atoms with E-state index >= 15 is 0 Å². The molecule has 1 rings (SSSR count). The third-order valence-electron chi connectivity index (χ3n) is 2.74. The topological polar surface area (TPSA) is 40.5 Å². The molecule has 0 spiro atoms. The van der Waals surface area contributed by atoms with Crippen LogP contribution in [0.5, 0.6) is 0 Å². The van der Waals surface area contributed by atoms with Crippen molar-refractivity contribution in [2.24, 2.45) is 5.92 Å². The van der Waals surface area contributed by atoms with E-state index in [1.807, 2.05) is 0 Å². The van der Waals surface area contributed by atoms with Crippen LogP contribution in [0.3, 0.4) is 0 Å². The largest absolute Gasteiger partial charge is 0.481 e. The fourth-order valence-electron chi connectivity index (χ4n) is 1.74. The fourth-order valence-corrected chi connectivity index (χ4v) is 1.74. The summed E-state index contributed by atoms with van der Waals surface area (Å²) in [6, 6.07) is 0.